The molecule has 0 N–H and O–H groups in total. The van der Waals surface area contributed by atoms with Crippen LogP contribution in [0.5, 0.6) is 0 Å². The van der Waals surface area contributed by atoms with Crippen LogP contribution in [0.25, 0.3) is 88.7 Å². The Balaban J connectivity index is 0.868. The summed E-state index contributed by atoms with van der Waals surface area (Å²) in [4.78, 5) is 2.33. The van der Waals surface area contributed by atoms with E-state index < -0.39 is 0 Å². The summed E-state index contributed by atoms with van der Waals surface area (Å²) < 4.78 is 6.25. The van der Waals surface area contributed by atoms with Crippen molar-refractivity contribution >= 4 is 39.0 Å². The lowest BCUT2D eigenvalue weighted by Gasteiger charge is -2.26. The zero-order valence-corrected chi connectivity index (χ0v) is 34.0. The predicted molar refractivity (Wildman–Crippen MR) is 261 cm³/mol. The number of nitrogens with zero attached hydrogens (tertiary/aromatic N) is 1. The van der Waals surface area contributed by atoms with E-state index in [0.717, 1.165) is 39.0 Å². The van der Waals surface area contributed by atoms with Crippen LogP contribution >= 0.6 is 0 Å². The zero-order chi connectivity index (χ0) is 41.2. The molecular weight excluding hydrogens is 751 g/mol. The summed E-state index contributed by atoms with van der Waals surface area (Å²) in [6, 6.07) is 89.0. The highest BCUT2D eigenvalue weighted by Gasteiger charge is 2.15. The largest absolute Gasteiger partial charge is 0.456 e. The van der Waals surface area contributed by atoms with Crippen LogP contribution in [0.3, 0.4) is 0 Å². The first-order valence-electron chi connectivity index (χ1n) is 21.1. The lowest BCUT2D eigenvalue weighted by Crippen LogP contribution is -2.09. The van der Waals surface area contributed by atoms with Gasteiger partial charge in [0.15, 0.2) is 0 Å². The van der Waals surface area contributed by atoms with Crippen LogP contribution in [0, 0.1) is 0 Å². The second-order valence-electron chi connectivity index (χ2n) is 15.8. The molecule has 0 bridgehead atoms. The van der Waals surface area contributed by atoms with E-state index in [0.29, 0.717) is 0 Å². The topological polar surface area (TPSA) is 16.4 Å². The quantitative estimate of drug-likeness (QED) is 0.145. The first kappa shape index (κ1) is 36.8. The molecule has 0 radical (unpaired) electrons. The zero-order valence-electron chi connectivity index (χ0n) is 34.0. The molecule has 0 saturated carbocycles. The summed E-state index contributed by atoms with van der Waals surface area (Å²) in [5.41, 5.74) is 19.3. The van der Waals surface area contributed by atoms with Crippen molar-refractivity contribution < 1.29 is 4.42 Å². The van der Waals surface area contributed by atoms with Gasteiger partial charge in [-0.3, -0.25) is 0 Å². The van der Waals surface area contributed by atoms with Crippen molar-refractivity contribution in [2.45, 2.75) is 0 Å². The molecular formula is C60H41NO. The van der Waals surface area contributed by atoms with Crippen molar-refractivity contribution in [2.24, 2.45) is 0 Å². The molecule has 10 aromatic carbocycles. The molecule has 11 rings (SSSR count). The molecule has 62 heavy (non-hydrogen) atoms. The molecule has 292 valence electrons. The summed E-state index contributed by atoms with van der Waals surface area (Å²) in [7, 11) is 0. The van der Waals surface area contributed by atoms with E-state index in [1.807, 2.05) is 0 Å². The molecule has 0 aliphatic carbocycles. The standard InChI is InChI=1S/C60H41NO/c1-4-11-42(12-5-1)45-23-31-54(32-24-45)61(55-33-25-46(26-34-55)43-13-6-2-7-14-43)56-35-27-49(28-36-56)51-18-10-17-50(39-51)47-19-21-48(22-20-47)53-30-38-60-58(41-53)57-40-52(29-37-59(57)62-60)44-15-8-3-9-16-44/h1-41H. The van der Waals surface area contributed by atoms with Gasteiger partial charge < -0.3 is 9.32 Å². The van der Waals surface area contributed by atoms with E-state index in [9.17, 15) is 0 Å². The summed E-state index contributed by atoms with van der Waals surface area (Å²) in [6.45, 7) is 0. The van der Waals surface area contributed by atoms with Crippen molar-refractivity contribution in [2.75, 3.05) is 4.90 Å². The van der Waals surface area contributed by atoms with Gasteiger partial charge in [0, 0.05) is 27.8 Å². The smallest absolute Gasteiger partial charge is 0.135 e. The third-order valence-corrected chi connectivity index (χ3v) is 11.9. The van der Waals surface area contributed by atoms with Crippen molar-refractivity contribution in [1.82, 2.24) is 0 Å². The number of benzene rings is 10. The second-order valence-corrected chi connectivity index (χ2v) is 15.8. The van der Waals surface area contributed by atoms with E-state index in [2.05, 4.69) is 254 Å². The van der Waals surface area contributed by atoms with Crippen LogP contribution in [0.4, 0.5) is 17.1 Å². The van der Waals surface area contributed by atoms with Crippen LogP contribution in [0.15, 0.2) is 253 Å². The lowest BCUT2D eigenvalue weighted by molar-refractivity contribution is 0.669. The third-order valence-electron chi connectivity index (χ3n) is 11.9. The molecule has 0 unspecified atom stereocenters. The van der Waals surface area contributed by atoms with Gasteiger partial charge in [-0.2, -0.15) is 0 Å². The van der Waals surface area contributed by atoms with Crippen LogP contribution < -0.4 is 4.90 Å². The highest BCUT2D eigenvalue weighted by molar-refractivity contribution is 6.07. The minimum absolute atomic E-state index is 0.901. The van der Waals surface area contributed by atoms with Crippen molar-refractivity contribution in [3.63, 3.8) is 0 Å². The Kier molecular flexibility index (Phi) is 9.57. The molecule has 0 saturated heterocycles. The van der Waals surface area contributed by atoms with E-state index in [1.165, 1.54) is 66.8 Å². The molecule has 0 spiro atoms. The molecule has 2 heteroatoms. The molecule has 0 fully saturated rings. The Hall–Kier alpha value is -8.20. The Bertz CT molecular complexity index is 3200. The minimum atomic E-state index is 0.901. The molecule has 0 atom stereocenters. The molecule has 2 nitrogen and oxygen atoms in total. The highest BCUT2D eigenvalue weighted by atomic mass is 16.3. The van der Waals surface area contributed by atoms with Crippen LogP contribution in [-0.2, 0) is 0 Å². The van der Waals surface area contributed by atoms with Crippen LogP contribution in [-0.4, -0.2) is 0 Å². The maximum atomic E-state index is 6.25. The van der Waals surface area contributed by atoms with Crippen LogP contribution in [0.1, 0.15) is 0 Å². The summed E-state index contributed by atoms with van der Waals surface area (Å²) in [5.74, 6) is 0. The lowest BCUT2D eigenvalue weighted by atomic mass is 9.96. The fourth-order valence-corrected chi connectivity index (χ4v) is 8.62. The fraction of sp³-hybridized carbons (Fsp3) is 0. The van der Waals surface area contributed by atoms with E-state index in [4.69, 9.17) is 4.42 Å². The first-order chi connectivity index (χ1) is 30.7. The van der Waals surface area contributed by atoms with E-state index >= 15 is 0 Å². The van der Waals surface area contributed by atoms with Crippen molar-refractivity contribution in [3.8, 4) is 66.8 Å². The van der Waals surface area contributed by atoms with Gasteiger partial charge in [-0.15, -0.1) is 0 Å². The van der Waals surface area contributed by atoms with E-state index in [-0.39, 0.29) is 0 Å². The fourth-order valence-electron chi connectivity index (χ4n) is 8.62. The van der Waals surface area contributed by atoms with Gasteiger partial charge in [-0.1, -0.05) is 182 Å². The predicted octanol–water partition coefficient (Wildman–Crippen LogP) is 17.1. The number of rotatable bonds is 9. The Morgan fingerprint density at radius 2 is 0.468 bits per heavy atom. The number of hydrogen-bond acceptors (Lipinski definition) is 2. The van der Waals surface area contributed by atoms with Crippen LogP contribution in [0.2, 0.25) is 0 Å². The minimum Gasteiger partial charge on any atom is -0.456 e. The van der Waals surface area contributed by atoms with Gasteiger partial charge in [-0.05, 0) is 133 Å². The van der Waals surface area contributed by atoms with Gasteiger partial charge in [0.25, 0.3) is 0 Å². The molecule has 0 amide bonds. The SMILES string of the molecule is c1ccc(-c2ccc(N(c3ccc(-c4ccccc4)cc3)c3ccc(-c4cccc(-c5ccc(-c6ccc7oc8ccc(-c9ccccc9)cc8c7c6)cc5)c4)cc3)cc2)cc1. The molecule has 1 aromatic heterocycles. The maximum Gasteiger partial charge on any atom is 0.135 e. The highest BCUT2D eigenvalue weighted by Crippen LogP contribution is 2.39. The average Bonchev–Trinajstić information content (AvgIpc) is 3.73. The summed E-state index contributed by atoms with van der Waals surface area (Å²) in [6.07, 6.45) is 0. The van der Waals surface area contributed by atoms with Crippen molar-refractivity contribution in [3.05, 3.63) is 249 Å². The Morgan fingerprint density at radius 3 is 0.839 bits per heavy atom. The molecule has 0 aliphatic rings. The number of anilines is 3. The number of hydrogen-bond donors (Lipinski definition) is 0. The molecule has 1 heterocycles. The van der Waals surface area contributed by atoms with Gasteiger partial charge in [0.05, 0.1) is 0 Å². The number of furan rings is 1. The number of fused-ring (bicyclic) bond motifs is 3. The molecule has 0 aliphatic heterocycles. The van der Waals surface area contributed by atoms with Crippen molar-refractivity contribution in [1.29, 1.82) is 0 Å². The van der Waals surface area contributed by atoms with E-state index in [1.54, 1.807) is 0 Å². The summed E-state index contributed by atoms with van der Waals surface area (Å²) in [5, 5.41) is 2.26. The third kappa shape index (κ3) is 7.25. The van der Waals surface area contributed by atoms with Gasteiger partial charge in [0.2, 0.25) is 0 Å². The maximum absolute atomic E-state index is 6.25. The second kappa shape index (κ2) is 16.1. The van der Waals surface area contributed by atoms with Gasteiger partial charge in [-0.25, -0.2) is 0 Å². The van der Waals surface area contributed by atoms with Gasteiger partial charge in [0.1, 0.15) is 11.2 Å². The molecule has 11 aromatic rings. The average molecular weight is 792 g/mol. The summed E-state index contributed by atoms with van der Waals surface area (Å²) >= 11 is 0. The Morgan fingerprint density at radius 1 is 0.210 bits per heavy atom. The Labute approximate surface area is 362 Å². The van der Waals surface area contributed by atoms with Gasteiger partial charge >= 0.3 is 0 Å². The first-order valence-corrected chi connectivity index (χ1v) is 21.1. The monoisotopic (exact) mass is 791 g/mol. The normalized spacial score (nSPS) is 11.2.